The number of benzene rings is 1. The first-order valence-electron chi connectivity index (χ1n) is 9.51. The van der Waals surface area contributed by atoms with E-state index in [1.165, 1.54) is 11.8 Å². The third kappa shape index (κ3) is 4.73. The molecule has 0 radical (unpaired) electrons. The van der Waals surface area contributed by atoms with Crippen LogP contribution in [0.2, 0.25) is 0 Å². The van der Waals surface area contributed by atoms with E-state index >= 15 is 0 Å². The van der Waals surface area contributed by atoms with Gasteiger partial charge in [-0.2, -0.15) is 0 Å². The van der Waals surface area contributed by atoms with Gasteiger partial charge in [-0.3, -0.25) is 9.59 Å². The van der Waals surface area contributed by atoms with Crippen LogP contribution in [0.5, 0.6) is 0 Å². The quantitative estimate of drug-likeness (QED) is 0.540. The Kier molecular flexibility index (Phi) is 6.72. The number of nitrogens with zero attached hydrogens (tertiary/aromatic N) is 3. The molecule has 7 nitrogen and oxygen atoms in total. The van der Waals surface area contributed by atoms with Gasteiger partial charge < -0.3 is 14.1 Å². The Morgan fingerprint density at radius 1 is 1.29 bits per heavy atom. The largest absolute Gasteiger partial charge is 0.466 e. The molecule has 1 atom stereocenters. The number of ether oxygens (including phenoxy) is 1. The van der Waals surface area contributed by atoms with Crippen molar-refractivity contribution in [2.45, 2.75) is 44.1 Å². The summed E-state index contributed by atoms with van der Waals surface area (Å²) in [6.07, 6.45) is 1.28. The van der Waals surface area contributed by atoms with Gasteiger partial charge in [-0.15, -0.1) is 10.2 Å². The van der Waals surface area contributed by atoms with E-state index in [-0.39, 0.29) is 23.0 Å². The zero-order valence-electron chi connectivity index (χ0n) is 16.4. The molecule has 8 heteroatoms. The standard InChI is InChI=1S/C20H25N3O4S/c1-4-26-19(25)15-9-11-23(12-10-15)18(24)14(3)28-20-22-21-17(27-20)16-8-6-5-7-13(16)2/h5-8,14-15H,4,9-12H2,1-3H3. The lowest BCUT2D eigenvalue weighted by molar-refractivity contribution is -0.151. The van der Waals surface area contributed by atoms with Gasteiger partial charge in [0.1, 0.15) is 0 Å². The van der Waals surface area contributed by atoms with Gasteiger partial charge in [-0.05, 0) is 45.2 Å². The Morgan fingerprint density at radius 2 is 2.00 bits per heavy atom. The van der Waals surface area contributed by atoms with Gasteiger partial charge in [0, 0.05) is 18.7 Å². The molecule has 150 valence electrons. The van der Waals surface area contributed by atoms with Crippen molar-refractivity contribution >= 4 is 23.6 Å². The molecular formula is C20H25N3O4S. The number of likely N-dealkylation sites (tertiary alicyclic amines) is 1. The predicted molar refractivity (Wildman–Crippen MR) is 106 cm³/mol. The van der Waals surface area contributed by atoms with Crippen molar-refractivity contribution in [1.29, 1.82) is 0 Å². The average molecular weight is 404 g/mol. The van der Waals surface area contributed by atoms with Crippen LogP contribution in [0, 0.1) is 12.8 Å². The number of carbonyl (C=O) groups excluding carboxylic acids is 2. The summed E-state index contributed by atoms with van der Waals surface area (Å²) in [5.41, 5.74) is 1.94. The van der Waals surface area contributed by atoms with Crippen LogP contribution in [0.4, 0.5) is 0 Å². The molecule has 2 aromatic rings. The molecule has 2 heterocycles. The van der Waals surface area contributed by atoms with E-state index in [2.05, 4.69) is 10.2 Å². The zero-order valence-corrected chi connectivity index (χ0v) is 17.2. The van der Waals surface area contributed by atoms with Gasteiger partial charge in [0.2, 0.25) is 11.8 Å². The number of amides is 1. The minimum Gasteiger partial charge on any atom is -0.466 e. The van der Waals surface area contributed by atoms with Crippen molar-refractivity contribution < 1.29 is 18.7 Å². The summed E-state index contributed by atoms with van der Waals surface area (Å²) in [7, 11) is 0. The summed E-state index contributed by atoms with van der Waals surface area (Å²) >= 11 is 1.26. The van der Waals surface area contributed by atoms with Crippen LogP contribution in [-0.4, -0.2) is 51.9 Å². The minimum atomic E-state index is -0.343. The summed E-state index contributed by atoms with van der Waals surface area (Å²) in [5, 5.41) is 8.21. The van der Waals surface area contributed by atoms with E-state index in [1.54, 1.807) is 11.8 Å². The van der Waals surface area contributed by atoms with E-state index in [9.17, 15) is 9.59 Å². The Hall–Kier alpha value is -2.35. The van der Waals surface area contributed by atoms with Crippen LogP contribution >= 0.6 is 11.8 Å². The lowest BCUT2D eigenvalue weighted by Gasteiger charge is -2.32. The van der Waals surface area contributed by atoms with Crippen molar-refractivity contribution in [1.82, 2.24) is 15.1 Å². The summed E-state index contributed by atoms with van der Waals surface area (Å²) < 4.78 is 10.8. The molecule has 0 bridgehead atoms. The number of piperidine rings is 1. The monoisotopic (exact) mass is 403 g/mol. The zero-order chi connectivity index (χ0) is 20.1. The molecule has 1 aromatic heterocycles. The molecule has 3 rings (SSSR count). The van der Waals surface area contributed by atoms with E-state index in [1.807, 2.05) is 38.1 Å². The van der Waals surface area contributed by atoms with Crippen molar-refractivity contribution in [3.05, 3.63) is 29.8 Å². The smallest absolute Gasteiger partial charge is 0.309 e. The summed E-state index contributed by atoms with van der Waals surface area (Å²) in [6.45, 7) is 7.13. The fourth-order valence-electron chi connectivity index (χ4n) is 3.23. The Labute approximate surface area is 168 Å². The van der Waals surface area contributed by atoms with Gasteiger partial charge in [0.05, 0.1) is 17.8 Å². The topological polar surface area (TPSA) is 85.5 Å². The first-order chi connectivity index (χ1) is 13.5. The molecule has 0 aliphatic carbocycles. The number of aromatic nitrogens is 2. The molecule has 0 N–H and O–H groups in total. The van der Waals surface area contributed by atoms with Crippen molar-refractivity contribution in [2.24, 2.45) is 5.92 Å². The first kappa shape index (κ1) is 20.4. The predicted octanol–water partition coefficient (Wildman–Crippen LogP) is 3.33. The maximum atomic E-state index is 12.7. The molecule has 1 unspecified atom stereocenters. The highest BCUT2D eigenvalue weighted by Gasteiger charge is 2.31. The van der Waals surface area contributed by atoms with E-state index in [4.69, 9.17) is 9.15 Å². The Morgan fingerprint density at radius 3 is 2.68 bits per heavy atom. The first-order valence-corrected chi connectivity index (χ1v) is 10.4. The highest BCUT2D eigenvalue weighted by atomic mass is 32.2. The van der Waals surface area contributed by atoms with Gasteiger partial charge >= 0.3 is 5.97 Å². The molecule has 1 aliphatic heterocycles. The van der Waals surface area contributed by atoms with Crippen LogP contribution in [0.3, 0.4) is 0 Å². The number of aryl methyl sites for hydroxylation is 1. The van der Waals surface area contributed by atoms with Crippen molar-refractivity contribution in [2.75, 3.05) is 19.7 Å². The second kappa shape index (κ2) is 9.23. The highest BCUT2D eigenvalue weighted by molar-refractivity contribution is 8.00. The highest BCUT2D eigenvalue weighted by Crippen LogP contribution is 2.29. The fraction of sp³-hybridized carbons (Fsp3) is 0.500. The third-order valence-electron chi connectivity index (χ3n) is 4.83. The Balaban J connectivity index is 1.55. The molecule has 0 spiro atoms. The van der Waals surface area contributed by atoms with Crippen LogP contribution in [0.25, 0.3) is 11.5 Å². The lowest BCUT2D eigenvalue weighted by Crippen LogP contribution is -2.43. The summed E-state index contributed by atoms with van der Waals surface area (Å²) in [4.78, 5) is 26.4. The molecule has 0 saturated carbocycles. The van der Waals surface area contributed by atoms with Crippen LogP contribution in [-0.2, 0) is 14.3 Å². The molecule has 28 heavy (non-hydrogen) atoms. The molecule has 1 aliphatic rings. The van der Waals surface area contributed by atoms with Crippen LogP contribution in [0.15, 0.2) is 33.9 Å². The summed E-state index contributed by atoms with van der Waals surface area (Å²) in [5.74, 6) is 0.199. The molecule has 1 saturated heterocycles. The maximum absolute atomic E-state index is 12.7. The minimum absolute atomic E-state index is 0.0166. The maximum Gasteiger partial charge on any atom is 0.309 e. The number of rotatable bonds is 6. The number of hydrogen-bond acceptors (Lipinski definition) is 7. The lowest BCUT2D eigenvalue weighted by atomic mass is 9.97. The van der Waals surface area contributed by atoms with E-state index in [0.717, 1.165) is 11.1 Å². The van der Waals surface area contributed by atoms with Crippen molar-refractivity contribution in [3.63, 3.8) is 0 Å². The Bertz CT molecular complexity index is 830. The third-order valence-corrected chi connectivity index (χ3v) is 5.76. The normalized spacial score (nSPS) is 16.0. The van der Waals surface area contributed by atoms with Gasteiger partial charge in [0.25, 0.3) is 5.22 Å². The van der Waals surface area contributed by atoms with E-state index < -0.39 is 0 Å². The number of carbonyl (C=O) groups is 2. The second-order valence-electron chi connectivity index (χ2n) is 6.80. The van der Waals surface area contributed by atoms with Gasteiger partial charge in [-0.1, -0.05) is 30.0 Å². The molecule has 1 amide bonds. The molecule has 1 fully saturated rings. The summed E-state index contributed by atoms with van der Waals surface area (Å²) in [6, 6.07) is 7.79. The van der Waals surface area contributed by atoms with Gasteiger partial charge in [-0.25, -0.2) is 0 Å². The molecule has 1 aromatic carbocycles. The van der Waals surface area contributed by atoms with Gasteiger partial charge in [0.15, 0.2) is 0 Å². The number of hydrogen-bond donors (Lipinski definition) is 0. The SMILES string of the molecule is CCOC(=O)C1CCN(C(=O)C(C)Sc2nnc(-c3ccccc3C)o2)CC1. The van der Waals surface area contributed by atoms with E-state index in [0.29, 0.717) is 43.7 Å². The van der Waals surface area contributed by atoms with Crippen molar-refractivity contribution in [3.8, 4) is 11.5 Å². The second-order valence-corrected chi connectivity index (χ2v) is 8.09. The molecular weight excluding hydrogens is 378 g/mol. The number of esters is 1. The number of thioether (sulfide) groups is 1. The fourth-order valence-corrected chi connectivity index (χ4v) is 4.00. The van der Waals surface area contributed by atoms with Crippen LogP contribution in [0.1, 0.15) is 32.3 Å². The average Bonchev–Trinajstić information content (AvgIpc) is 3.16. The van der Waals surface area contributed by atoms with Crippen LogP contribution < -0.4 is 0 Å².